The molecule has 0 amide bonds. The van der Waals surface area contributed by atoms with Gasteiger partial charge in [-0.25, -0.2) is 0 Å². The number of esters is 1. The van der Waals surface area contributed by atoms with E-state index in [0.29, 0.717) is 24.0 Å². The van der Waals surface area contributed by atoms with E-state index in [4.69, 9.17) is 4.74 Å². The Hall–Kier alpha value is -3.08. The van der Waals surface area contributed by atoms with Gasteiger partial charge < -0.3 is 4.74 Å². The fourth-order valence-corrected chi connectivity index (χ4v) is 3.28. The van der Waals surface area contributed by atoms with Crippen LogP contribution < -0.4 is 0 Å². The van der Waals surface area contributed by atoms with Gasteiger partial charge in [0.25, 0.3) is 0 Å². The minimum absolute atomic E-state index is 0.254. The number of carbonyl (C=O) groups is 4. The van der Waals surface area contributed by atoms with Gasteiger partial charge in [-0.1, -0.05) is 31.2 Å². The summed E-state index contributed by atoms with van der Waals surface area (Å²) in [5.41, 5.74) is 4.84. The smallest absolute Gasteiger partial charge is 0.303 e. The zero-order chi connectivity index (χ0) is 19.6. The molecule has 0 N–H and O–H groups in total. The molecule has 2 aromatic carbocycles. The Bertz CT molecular complexity index is 955. The normalized spacial score (nSPS) is 11.5. The molecule has 1 aliphatic rings. The predicted molar refractivity (Wildman–Crippen MR) is 99.9 cm³/mol. The number of ether oxygens (including phenoxy) is 1. The second-order valence-electron chi connectivity index (χ2n) is 6.63. The van der Waals surface area contributed by atoms with Gasteiger partial charge in [-0.05, 0) is 47.2 Å². The van der Waals surface area contributed by atoms with Crippen molar-refractivity contribution in [2.24, 2.45) is 0 Å². The van der Waals surface area contributed by atoms with Crippen molar-refractivity contribution >= 4 is 23.3 Å². The van der Waals surface area contributed by atoms with E-state index in [1.165, 1.54) is 6.92 Å². The van der Waals surface area contributed by atoms with Crippen molar-refractivity contribution in [3.8, 4) is 11.1 Å². The molecule has 2 aromatic rings. The number of Topliss-reactive ketones (excluding diaryl/α,β-unsaturated/α-hetero) is 3. The maximum atomic E-state index is 12.2. The summed E-state index contributed by atoms with van der Waals surface area (Å²) in [6.07, 6.45) is 1.48. The molecular formula is C22H20O5. The van der Waals surface area contributed by atoms with Crippen LogP contribution in [0.15, 0.2) is 36.4 Å². The summed E-state index contributed by atoms with van der Waals surface area (Å²) in [5.74, 6) is -1.57. The molecule has 1 aliphatic carbocycles. The molecule has 0 spiro atoms. The van der Waals surface area contributed by atoms with Crippen LogP contribution in [0.3, 0.4) is 0 Å². The van der Waals surface area contributed by atoms with Crippen LogP contribution in [0.5, 0.6) is 0 Å². The molecule has 138 valence electrons. The first-order valence-electron chi connectivity index (χ1n) is 8.91. The van der Waals surface area contributed by atoms with Gasteiger partial charge in [0.2, 0.25) is 11.6 Å². The van der Waals surface area contributed by atoms with E-state index in [0.717, 1.165) is 22.3 Å². The average molecular weight is 364 g/mol. The highest BCUT2D eigenvalue weighted by molar-refractivity contribution is 6.43. The van der Waals surface area contributed by atoms with Crippen molar-refractivity contribution in [3.63, 3.8) is 0 Å². The molecular weight excluding hydrogens is 344 g/mol. The number of ketones is 3. The quantitative estimate of drug-likeness (QED) is 0.364. The monoisotopic (exact) mass is 364 g/mol. The summed E-state index contributed by atoms with van der Waals surface area (Å²) in [6, 6.07) is 10.7. The minimum Gasteiger partial charge on any atom is -0.457 e. The number of hydrogen-bond donors (Lipinski definition) is 0. The first-order chi connectivity index (χ1) is 12.9. The molecule has 0 bridgehead atoms. The van der Waals surface area contributed by atoms with Crippen molar-refractivity contribution in [2.45, 2.75) is 33.1 Å². The topological polar surface area (TPSA) is 77.5 Å². The predicted octanol–water partition coefficient (Wildman–Crippen LogP) is 3.56. The molecule has 0 atom stereocenters. The zero-order valence-corrected chi connectivity index (χ0v) is 15.3. The summed E-state index contributed by atoms with van der Waals surface area (Å²) in [6.45, 7) is 2.85. The van der Waals surface area contributed by atoms with Gasteiger partial charge in [-0.3, -0.25) is 19.2 Å². The van der Waals surface area contributed by atoms with Crippen LogP contribution in [0.2, 0.25) is 0 Å². The number of carbonyl (C=O) groups excluding carboxylic acids is 4. The molecule has 5 nitrogen and oxygen atoms in total. The second kappa shape index (κ2) is 7.66. The van der Waals surface area contributed by atoms with E-state index in [1.807, 2.05) is 19.1 Å². The third-order valence-electron chi connectivity index (χ3n) is 4.60. The lowest BCUT2D eigenvalue weighted by atomic mass is 9.98. The largest absolute Gasteiger partial charge is 0.457 e. The van der Waals surface area contributed by atoms with Crippen LogP contribution in [0.1, 0.15) is 58.5 Å². The van der Waals surface area contributed by atoms with E-state index in [9.17, 15) is 19.2 Å². The standard InChI is InChI=1S/C22H20O5/c1-3-4-20(24)22(26)15-6-8-19-17(10-15)11-16-9-14(5-7-18(16)19)21(25)12-27-13(2)23/h5-10H,3-4,11-12H2,1-2H3. The fourth-order valence-electron chi connectivity index (χ4n) is 3.28. The Kier molecular flexibility index (Phi) is 5.31. The van der Waals surface area contributed by atoms with Gasteiger partial charge in [0, 0.05) is 24.5 Å². The molecule has 0 aromatic heterocycles. The van der Waals surface area contributed by atoms with Crippen LogP contribution >= 0.6 is 0 Å². The zero-order valence-electron chi connectivity index (χ0n) is 15.3. The number of benzene rings is 2. The number of fused-ring (bicyclic) bond motifs is 3. The van der Waals surface area contributed by atoms with Crippen molar-refractivity contribution in [3.05, 3.63) is 58.7 Å². The van der Waals surface area contributed by atoms with Gasteiger partial charge in [-0.15, -0.1) is 0 Å². The lowest BCUT2D eigenvalue weighted by molar-refractivity contribution is -0.139. The second-order valence-corrected chi connectivity index (χ2v) is 6.63. The van der Waals surface area contributed by atoms with Gasteiger partial charge in [-0.2, -0.15) is 0 Å². The maximum Gasteiger partial charge on any atom is 0.303 e. The lowest BCUT2D eigenvalue weighted by Crippen LogP contribution is -2.13. The van der Waals surface area contributed by atoms with Crippen LogP contribution in [0.4, 0.5) is 0 Å². The maximum absolute atomic E-state index is 12.2. The van der Waals surface area contributed by atoms with E-state index in [2.05, 4.69) is 0 Å². The third kappa shape index (κ3) is 3.87. The highest BCUT2D eigenvalue weighted by atomic mass is 16.5. The van der Waals surface area contributed by atoms with Crippen LogP contribution in [-0.2, 0) is 20.7 Å². The molecule has 0 unspecified atom stereocenters. The molecule has 0 saturated heterocycles. The summed E-state index contributed by atoms with van der Waals surface area (Å²) >= 11 is 0. The first-order valence-corrected chi connectivity index (χ1v) is 8.91. The van der Waals surface area contributed by atoms with E-state index < -0.39 is 11.8 Å². The summed E-state index contributed by atoms with van der Waals surface area (Å²) in [7, 11) is 0. The summed E-state index contributed by atoms with van der Waals surface area (Å²) in [5, 5.41) is 0. The van der Waals surface area contributed by atoms with Gasteiger partial charge in [0.15, 0.2) is 12.4 Å². The van der Waals surface area contributed by atoms with E-state index in [-0.39, 0.29) is 24.6 Å². The van der Waals surface area contributed by atoms with Crippen LogP contribution in [0.25, 0.3) is 11.1 Å². The summed E-state index contributed by atoms with van der Waals surface area (Å²) < 4.78 is 4.77. The van der Waals surface area contributed by atoms with Crippen molar-refractivity contribution in [1.29, 1.82) is 0 Å². The van der Waals surface area contributed by atoms with Crippen molar-refractivity contribution in [1.82, 2.24) is 0 Å². The van der Waals surface area contributed by atoms with Crippen molar-refractivity contribution in [2.75, 3.05) is 6.61 Å². The van der Waals surface area contributed by atoms with Gasteiger partial charge in [0.1, 0.15) is 0 Å². The molecule has 0 fully saturated rings. The molecule has 0 radical (unpaired) electrons. The molecule has 5 heteroatoms. The highest BCUT2D eigenvalue weighted by Crippen LogP contribution is 2.37. The van der Waals surface area contributed by atoms with Gasteiger partial charge in [0.05, 0.1) is 0 Å². The molecule has 0 saturated carbocycles. The third-order valence-corrected chi connectivity index (χ3v) is 4.60. The molecule has 0 heterocycles. The molecule has 0 aliphatic heterocycles. The lowest BCUT2D eigenvalue weighted by Gasteiger charge is -2.05. The van der Waals surface area contributed by atoms with Crippen LogP contribution in [0, 0.1) is 0 Å². The fraction of sp³-hybridized carbons (Fsp3) is 0.273. The highest BCUT2D eigenvalue weighted by Gasteiger charge is 2.23. The van der Waals surface area contributed by atoms with E-state index in [1.54, 1.807) is 24.3 Å². The summed E-state index contributed by atoms with van der Waals surface area (Å²) in [4.78, 5) is 47.1. The Balaban J connectivity index is 1.83. The molecule has 3 rings (SSSR count). The Morgan fingerprint density at radius 1 is 0.926 bits per heavy atom. The van der Waals surface area contributed by atoms with Gasteiger partial charge >= 0.3 is 5.97 Å². The minimum atomic E-state index is -0.494. The Morgan fingerprint density at radius 3 is 2.11 bits per heavy atom. The van der Waals surface area contributed by atoms with E-state index >= 15 is 0 Å². The average Bonchev–Trinajstić information content (AvgIpc) is 3.02. The Labute approximate surface area is 157 Å². The Morgan fingerprint density at radius 2 is 1.52 bits per heavy atom. The SMILES string of the molecule is CCCC(=O)C(=O)c1ccc2c(c1)Cc1cc(C(=O)COC(C)=O)ccc1-2. The first kappa shape index (κ1) is 18.7. The number of rotatable bonds is 7. The van der Waals surface area contributed by atoms with Crippen LogP contribution in [-0.4, -0.2) is 29.9 Å². The number of hydrogen-bond acceptors (Lipinski definition) is 5. The van der Waals surface area contributed by atoms with Crippen molar-refractivity contribution < 1.29 is 23.9 Å². The molecule has 27 heavy (non-hydrogen) atoms.